The van der Waals surface area contributed by atoms with Crippen molar-refractivity contribution in [2.45, 2.75) is 19.6 Å². The third-order valence-corrected chi connectivity index (χ3v) is 5.21. The van der Waals surface area contributed by atoms with Crippen LogP contribution >= 0.6 is 34.4 Å². The molecule has 2 aromatic carbocycles. The fourth-order valence-electron chi connectivity index (χ4n) is 1.93. The Kier molecular flexibility index (Phi) is 6.11. The van der Waals surface area contributed by atoms with Crippen LogP contribution in [0.5, 0.6) is 0 Å². The van der Waals surface area contributed by atoms with E-state index in [2.05, 4.69) is 66.0 Å². The Morgan fingerprint density at radius 3 is 2.71 bits per heavy atom. The van der Waals surface area contributed by atoms with Crippen LogP contribution in [0.25, 0.3) is 0 Å². The number of carbonyl (C=O) groups is 1. The van der Waals surface area contributed by atoms with Crippen molar-refractivity contribution < 1.29 is 4.79 Å². The lowest BCUT2D eigenvalue weighted by Gasteiger charge is -2.07. The topological polar surface area (TPSA) is 29.1 Å². The zero-order chi connectivity index (χ0) is 15.2. The Labute approximate surface area is 143 Å². The Balaban J connectivity index is 1.81. The molecule has 1 amide bonds. The molecule has 21 heavy (non-hydrogen) atoms. The minimum atomic E-state index is 0.0484. The van der Waals surface area contributed by atoms with Gasteiger partial charge in [0.05, 0.1) is 5.75 Å². The molecule has 0 radical (unpaired) electrons. The van der Waals surface area contributed by atoms with Crippen molar-refractivity contribution in [3.05, 3.63) is 62.7 Å². The first-order valence-corrected chi connectivity index (χ1v) is 8.97. The monoisotopic (exact) mass is 411 g/mol. The molecule has 0 heterocycles. The van der Waals surface area contributed by atoms with Crippen LogP contribution in [0.4, 0.5) is 5.69 Å². The summed E-state index contributed by atoms with van der Waals surface area (Å²) < 4.78 is 1.16. The second-order valence-corrected chi connectivity index (χ2v) is 7.14. The van der Waals surface area contributed by atoms with E-state index in [-0.39, 0.29) is 5.91 Å². The number of benzene rings is 2. The highest BCUT2D eigenvalue weighted by atomic mass is 127. The molecule has 110 valence electrons. The van der Waals surface area contributed by atoms with E-state index in [1.54, 1.807) is 11.8 Å². The van der Waals surface area contributed by atoms with Crippen LogP contribution in [-0.4, -0.2) is 11.7 Å². The SMILES string of the molecule is Cc1cccc(CSCC(=O)Nc2ccc(C)c(I)c2)c1. The lowest BCUT2D eigenvalue weighted by Crippen LogP contribution is -2.14. The molecule has 0 aliphatic rings. The second kappa shape index (κ2) is 7.84. The summed E-state index contributed by atoms with van der Waals surface area (Å²) >= 11 is 3.92. The Hall–Kier alpha value is -1.01. The summed E-state index contributed by atoms with van der Waals surface area (Å²) in [5, 5.41) is 2.94. The van der Waals surface area contributed by atoms with Crippen LogP contribution in [0.15, 0.2) is 42.5 Å². The van der Waals surface area contributed by atoms with Crippen molar-refractivity contribution in [3.63, 3.8) is 0 Å². The van der Waals surface area contributed by atoms with E-state index >= 15 is 0 Å². The minimum absolute atomic E-state index is 0.0484. The minimum Gasteiger partial charge on any atom is -0.325 e. The normalized spacial score (nSPS) is 10.4. The molecule has 0 fully saturated rings. The van der Waals surface area contributed by atoms with Crippen LogP contribution in [0, 0.1) is 17.4 Å². The Morgan fingerprint density at radius 1 is 1.19 bits per heavy atom. The van der Waals surface area contributed by atoms with Crippen molar-refractivity contribution in [2.24, 2.45) is 0 Å². The number of aryl methyl sites for hydroxylation is 2. The Morgan fingerprint density at radius 2 is 2.00 bits per heavy atom. The average molecular weight is 411 g/mol. The second-order valence-electron chi connectivity index (χ2n) is 4.99. The standard InChI is InChI=1S/C17H18INOS/c1-12-4-3-5-14(8-12)10-21-11-17(20)19-15-7-6-13(2)16(18)9-15/h3-9H,10-11H2,1-2H3,(H,19,20). The number of rotatable bonds is 5. The van der Waals surface area contributed by atoms with Crippen molar-refractivity contribution in [1.29, 1.82) is 0 Å². The Bertz CT molecular complexity index is 642. The third-order valence-electron chi connectivity index (χ3n) is 3.04. The van der Waals surface area contributed by atoms with Gasteiger partial charge < -0.3 is 5.32 Å². The van der Waals surface area contributed by atoms with Crippen molar-refractivity contribution in [1.82, 2.24) is 0 Å². The zero-order valence-electron chi connectivity index (χ0n) is 12.2. The maximum Gasteiger partial charge on any atom is 0.234 e. The molecule has 0 spiro atoms. The molecule has 4 heteroatoms. The highest BCUT2D eigenvalue weighted by molar-refractivity contribution is 14.1. The summed E-state index contributed by atoms with van der Waals surface area (Å²) in [7, 11) is 0. The third kappa shape index (κ3) is 5.36. The first-order chi connectivity index (χ1) is 10.0. The summed E-state index contributed by atoms with van der Waals surface area (Å²) in [4.78, 5) is 11.9. The van der Waals surface area contributed by atoms with Crippen LogP contribution in [0.2, 0.25) is 0 Å². The molecule has 0 saturated carbocycles. The molecular weight excluding hydrogens is 393 g/mol. The van der Waals surface area contributed by atoms with Crippen LogP contribution in [0.1, 0.15) is 16.7 Å². The van der Waals surface area contributed by atoms with E-state index in [1.165, 1.54) is 16.7 Å². The van der Waals surface area contributed by atoms with Crippen molar-refractivity contribution in [2.75, 3.05) is 11.1 Å². The van der Waals surface area contributed by atoms with Gasteiger partial charge in [0, 0.05) is 15.0 Å². The summed E-state index contributed by atoms with van der Waals surface area (Å²) in [5.74, 6) is 1.38. The molecule has 0 saturated heterocycles. The number of carbonyl (C=O) groups excluding carboxylic acids is 1. The number of amides is 1. The summed E-state index contributed by atoms with van der Waals surface area (Å²) in [6, 6.07) is 14.4. The zero-order valence-corrected chi connectivity index (χ0v) is 15.1. The van der Waals surface area contributed by atoms with Crippen LogP contribution in [0.3, 0.4) is 0 Å². The summed E-state index contributed by atoms with van der Waals surface area (Å²) in [6.45, 7) is 4.14. The highest BCUT2D eigenvalue weighted by Crippen LogP contribution is 2.18. The molecule has 0 aromatic heterocycles. The van der Waals surface area contributed by atoms with Crippen molar-refractivity contribution >= 4 is 45.9 Å². The van der Waals surface area contributed by atoms with Gasteiger partial charge in [0.2, 0.25) is 5.91 Å². The van der Waals surface area contributed by atoms with Crippen LogP contribution in [-0.2, 0) is 10.5 Å². The molecule has 0 aliphatic carbocycles. The molecule has 2 aromatic rings. The maximum absolute atomic E-state index is 11.9. The van der Waals surface area contributed by atoms with E-state index in [1.807, 2.05) is 18.2 Å². The molecule has 0 bridgehead atoms. The van der Waals surface area contributed by atoms with Gasteiger partial charge in [-0.3, -0.25) is 4.79 Å². The average Bonchev–Trinajstić information content (AvgIpc) is 2.43. The molecule has 0 unspecified atom stereocenters. The van der Waals surface area contributed by atoms with E-state index in [0.717, 1.165) is 15.0 Å². The number of halogens is 1. The largest absolute Gasteiger partial charge is 0.325 e. The van der Waals surface area contributed by atoms with Gasteiger partial charge >= 0.3 is 0 Å². The lowest BCUT2D eigenvalue weighted by atomic mass is 10.2. The van der Waals surface area contributed by atoms with Gasteiger partial charge in [-0.15, -0.1) is 11.8 Å². The number of thioether (sulfide) groups is 1. The molecule has 2 rings (SSSR count). The predicted molar refractivity (Wildman–Crippen MR) is 99.9 cm³/mol. The fourth-order valence-corrected chi connectivity index (χ4v) is 3.22. The quantitative estimate of drug-likeness (QED) is 0.718. The van der Waals surface area contributed by atoms with E-state index < -0.39 is 0 Å². The van der Waals surface area contributed by atoms with Gasteiger partial charge in [0.15, 0.2) is 0 Å². The molecule has 0 atom stereocenters. The van der Waals surface area contributed by atoms with Gasteiger partial charge in [-0.25, -0.2) is 0 Å². The van der Waals surface area contributed by atoms with E-state index in [0.29, 0.717) is 5.75 Å². The molecule has 1 N–H and O–H groups in total. The smallest absolute Gasteiger partial charge is 0.234 e. The van der Waals surface area contributed by atoms with Gasteiger partial charge in [-0.1, -0.05) is 35.9 Å². The van der Waals surface area contributed by atoms with E-state index in [4.69, 9.17) is 0 Å². The summed E-state index contributed by atoms with van der Waals surface area (Å²) in [5.41, 5.74) is 4.61. The molecular formula is C17H18INOS. The van der Waals surface area contributed by atoms with Gasteiger partial charge in [0.1, 0.15) is 0 Å². The fraction of sp³-hybridized carbons (Fsp3) is 0.235. The molecule has 2 nitrogen and oxygen atoms in total. The number of hydrogen-bond acceptors (Lipinski definition) is 2. The number of hydrogen-bond donors (Lipinski definition) is 1. The van der Waals surface area contributed by atoms with Gasteiger partial charge in [-0.2, -0.15) is 0 Å². The maximum atomic E-state index is 11.9. The van der Waals surface area contributed by atoms with Crippen molar-refractivity contribution in [3.8, 4) is 0 Å². The first kappa shape index (κ1) is 16.4. The predicted octanol–water partition coefficient (Wildman–Crippen LogP) is 4.78. The number of anilines is 1. The number of nitrogens with one attached hydrogen (secondary N) is 1. The summed E-state index contributed by atoms with van der Waals surface area (Å²) in [6.07, 6.45) is 0. The molecule has 0 aliphatic heterocycles. The van der Waals surface area contributed by atoms with Gasteiger partial charge in [-0.05, 0) is 59.7 Å². The van der Waals surface area contributed by atoms with Gasteiger partial charge in [0.25, 0.3) is 0 Å². The van der Waals surface area contributed by atoms with E-state index in [9.17, 15) is 4.79 Å². The highest BCUT2D eigenvalue weighted by Gasteiger charge is 2.04. The first-order valence-electron chi connectivity index (χ1n) is 6.74. The van der Waals surface area contributed by atoms with Crippen LogP contribution < -0.4 is 5.32 Å². The lowest BCUT2D eigenvalue weighted by molar-refractivity contribution is -0.113.